The summed E-state index contributed by atoms with van der Waals surface area (Å²) in [5.41, 5.74) is 6.26. The first-order valence-corrected chi connectivity index (χ1v) is 14.2. The minimum atomic E-state index is -0.454. The van der Waals surface area contributed by atoms with Crippen LogP contribution in [0.15, 0.2) is 71.8 Å². The molecule has 0 saturated heterocycles. The van der Waals surface area contributed by atoms with Gasteiger partial charge in [-0.15, -0.1) is 0 Å². The van der Waals surface area contributed by atoms with Crippen molar-refractivity contribution >= 4 is 12.2 Å². The van der Waals surface area contributed by atoms with Gasteiger partial charge in [-0.25, -0.2) is 8.78 Å². The topological polar surface area (TPSA) is 77.4 Å². The molecule has 2 aliphatic rings. The van der Waals surface area contributed by atoms with Gasteiger partial charge in [0.1, 0.15) is 23.1 Å². The number of phenolic OH excluding ortho intramolecular Hbond substituents is 2. The van der Waals surface area contributed by atoms with E-state index in [1.54, 1.807) is 28.4 Å². The van der Waals surface area contributed by atoms with Gasteiger partial charge in [-0.3, -0.25) is 0 Å². The van der Waals surface area contributed by atoms with Gasteiger partial charge >= 0.3 is 0 Å². The second-order valence-electron chi connectivity index (χ2n) is 10.9. The Hall–Kier alpha value is -4.10. The maximum Gasteiger partial charge on any atom is 0.161 e. The first-order valence-electron chi connectivity index (χ1n) is 14.2. The van der Waals surface area contributed by atoms with Gasteiger partial charge in [0.15, 0.2) is 23.0 Å². The molecule has 0 bridgehead atoms. The number of methoxy groups -OCH3 is 4. The minimum absolute atomic E-state index is 0. The monoisotopic (exact) mass is 688 g/mol. The van der Waals surface area contributed by atoms with Crippen LogP contribution < -0.4 is 18.9 Å². The average Bonchev–Trinajstić information content (AvgIpc) is 3.57. The van der Waals surface area contributed by atoms with Crippen LogP contribution in [0.5, 0.6) is 34.5 Å². The van der Waals surface area contributed by atoms with Gasteiger partial charge in [0.2, 0.25) is 0 Å². The normalized spacial score (nSPS) is 16.2. The van der Waals surface area contributed by atoms with Crippen LogP contribution in [0.2, 0.25) is 0 Å². The molecular weight excluding hydrogens is 658 g/mol. The summed E-state index contributed by atoms with van der Waals surface area (Å²) in [6.07, 6.45) is 5.13. The third-order valence-electron chi connectivity index (χ3n) is 8.53. The number of halogens is 2. The fourth-order valence-corrected chi connectivity index (χ4v) is 6.51. The van der Waals surface area contributed by atoms with Gasteiger partial charge in [-0.2, -0.15) is 0 Å². The number of aromatic hydroxyl groups is 2. The molecule has 2 atom stereocenters. The summed E-state index contributed by atoms with van der Waals surface area (Å²) in [7, 11) is 6.24. The van der Waals surface area contributed by atoms with Crippen LogP contribution >= 0.6 is 0 Å². The predicted octanol–water partition coefficient (Wildman–Crippen LogP) is 7.95. The molecule has 0 radical (unpaired) electrons. The molecule has 0 spiro atoms. The number of hydrogen-bond acceptors (Lipinski definition) is 6. The second-order valence-corrected chi connectivity index (χ2v) is 10.9. The molecule has 9 heteroatoms. The van der Waals surface area contributed by atoms with Gasteiger partial charge < -0.3 is 29.2 Å². The molecule has 45 heavy (non-hydrogen) atoms. The van der Waals surface area contributed by atoms with Gasteiger partial charge in [-0.1, -0.05) is 23.3 Å². The van der Waals surface area contributed by atoms with E-state index in [-0.39, 0.29) is 37.7 Å². The maximum absolute atomic E-state index is 14.5. The maximum atomic E-state index is 14.5. The molecule has 6 rings (SSSR count). The van der Waals surface area contributed by atoms with Crippen molar-refractivity contribution in [3.8, 4) is 34.5 Å². The molecule has 0 aliphatic heterocycles. The van der Waals surface area contributed by atoms with E-state index in [0.29, 0.717) is 47.0 Å². The third kappa shape index (κ3) is 5.86. The first-order chi connectivity index (χ1) is 21.3. The van der Waals surface area contributed by atoms with E-state index in [1.165, 1.54) is 36.4 Å². The Bertz CT molecular complexity index is 1700. The molecule has 4 aromatic rings. The number of ether oxygens (including phenoxy) is 4. The van der Waals surface area contributed by atoms with Crippen molar-refractivity contribution in [3.05, 3.63) is 117 Å². The molecule has 0 heterocycles. The van der Waals surface area contributed by atoms with Gasteiger partial charge in [0.05, 0.1) is 28.4 Å². The summed E-state index contributed by atoms with van der Waals surface area (Å²) >= 11 is 0. The van der Waals surface area contributed by atoms with E-state index in [1.807, 2.05) is 36.4 Å². The zero-order valence-electron chi connectivity index (χ0n) is 25.3. The van der Waals surface area contributed by atoms with E-state index in [2.05, 4.69) is 0 Å². The Morgan fingerprint density at radius 2 is 0.889 bits per heavy atom. The Morgan fingerprint density at radius 3 is 1.24 bits per heavy atom. The SMILES string of the molecule is COc1cc2c(cc1OC)C(c1cc(F)ccc1O)C(CCC1=Cc3cc(OC)c(OC)cc3C1c1cc(F)ccc1O)=C2.[Zr]. The summed E-state index contributed by atoms with van der Waals surface area (Å²) in [4.78, 5) is 0. The number of benzene rings is 4. The molecule has 230 valence electrons. The summed E-state index contributed by atoms with van der Waals surface area (Å²) in [6, 6.07) is 15.4. The van der Waals surface area contributed by atoms with Crippen molar-refractivity contribution in [2.75, 3.05) is 28.4 Å². The number of allylic oxidation sites excluding steroid dienone is 2. The van der Waals surface area contributed by atoms with Crippen LogP contribution in [0, 0.1) is 11.6 Å². The standard InChI is InChI=1S/C36H32F2O6.Zr/c1-41-31-13-21-11-19(35(25(21)17-33(31)43-3)27-15-23(37)7-9-29(27)39)5-6-20-12-22-14-32(42-2)34(44-4)18-26(22)36(20)28-16-24(38)8-10-30(28)40;/h7-18,35-36,39-40H,5-6H2,1-4H3;. The van der Waals surface area contributed by atoms with Crippen molar-refractivity contribution in [3.63, 3.8) is 0 Å². The Morgan fingerprint density at radius 1 is 0.533 bits per heavy atom. The van der Waals surface area contributed by atoms with E-state index in [4.69, 9.17) is 18.9 Å². The molecule has 0 saturated carbocycles. The Labute approximate surface area is 279 Å². The van der Waals surface area contributed by atoms with Gasteiger partial charge in [-0.05, 0) is 95.8 Å². The summed E-state index contributed by atoms with van der Waals surface area (Å²) in [6.45, 7) is 0. The first kappa shape index (κ1) is 32.3. The molecule has 2 unspecified atom stereocenters. The Balaban J connectivity index is 0.00000400. The fraction of sp³-hybridized carbons (Fsp3) is 0.222. The molecule has 0 aromatic heterocycles. The van der Waals surface area contributed by atoms with Crippen molar-refractivity contribution in [1.82, 2.24) is 0 Å². The van der Waals surface area contributed by atoms with Crippen LogP contribution in [0.25, 0.3) is 12.2 Å². The van der Waals surface area contributed by atoms with Crippen molar-refractivity contribution in [1.29, 1.82) is 0 Å². The number of fused-ring (bicyclic) bond motifs is 2. The van der Waals surface area contributed by atoms with Crippen molar-refractivity contribution < 1.29 is 64.1 Å². The van der Waals surface area contributed by atoms with Crippen LogP contribution in [0.1, 0.15) is 58.1 Å². The largest absolute Gasteiger partial charge is 0.508 e. The van der Waals surface area contributed by atoms with E-state index in [9.17, 15) is 19.0 Å². The van der Waals surface area contributed by atoms with Gasteiger partial charge in [0, 0.05) is 49.2 Å². The summed E-state index contributed by atoms with van der Waals surface area (Å²) in [5, 5.41) is 21.7. The third-order valence-corrected chi connectivity index (χ3v) is 8.53. The molecule has 0 fully saturated rings. The fourth-order valence-electron chi connectivity index (χ4n) is 6.51. The molecule has 4 aromatic carbocycles. The van der Waals surface area contributed by atoms with Gasteiger partial charge in [0.25, 0.3) is 0 Å². The smallest absolute Gasteiger partial charge is 0.161 e. The van der Waals surface area contributed by atoms with Crippen LogP contribution in [0.3, 0.4) is 0 Å². The van der Waals surface area contributed by atoms with E-state index >= 15 is 0 Å². The van der Waals surface area contributed by atoms with Crippen molar-refractivity contribution in [2.24, 2.45) is 0 Å². The molecule has 2 aliphatic carbocycles. The van der Waals surface area contributed by atoms with Crippen molar-refractivity contribution in [2.45, 2.75) is 24.7 Å². The predicted molar refractivity (Wildman–Crippen MR) is 164 cm³/mol. The summed E-state index contributed by atoms with van der Waals surface area (Å²) < 4.78 is 51.2. The Kier molecular flexibility index (Phi) is 9.40. The van der Waals surface area contributed by atoms with E-state index in [0.717, 1.165) is 33.4 Å². The average molecular weight is 690 g/mol. The second kappa shape index (κ2) is 13.1. The quantitative estimate of drug-likeness (QED) is 0.186. The van der Waals surface area contributed by atoms with Crippen LogP contribution in [-0.4, -0.2) is 38.7 Å². The number of rotatable bonds is 9. The summed E-state index contributed by atoms with van der Waals surface area (Å²) in [5.74, 6) is 0.360. The zero-order valence-corrected chi connectivity index (χ0v) is 27.7. The molecule has 6 nitrogen and oxygen atoms in total. The zero-order chi connectivity index (χ0) is 31.1. The van der Waals surface area contributed by atoms with E-state index < -0.39 is 23.5 Å². The number of phenols is 2. The molecule has 2 N–H and O–H groups in total. The molecular formula is C36H32F2O6Zr. The minimum Gasteiger partial charge on any atom is -0.508 e. The van der Waals surface area contributed by atoms with Crippen LogP contribution in [0.4, 0.5) is 8.78 Å². The number of hydrogen-bond donors (Lipinski definition) is 2. The molecule has 0 amide bonds. The van der Waals surface area contributed by atoms with Crippen LogP contribution in [-0.2, 0) is 26.2 Å².